The summed E-state index contributed by atoms with van der Waals surface area (Å²) in [6, 6.07) is 16.7. The van der Waals surface area contributed by atoms with Crippen LogP contribution in [0.2, 0.25) is 0 Å². The zero-order valence-electron chi connectivity index (χ0n) is 12.5. The summed E-state index contributed by atoms with van der Waals surface area (Å²) in [6.07, 6.45) is 1.02. The zero-order chi connectivity index (χ0) is 14.7. The van der Waals surface area contributed by atoms with Crippen molar-refractivity contribution in [2.24, 2.45) is 0 Å². The third-order valence-corrected chi connectivity index (χ3v) is 3.93. The van der Waals surface area contributed by atoms with E-state index in [1.54, 1.807) is 7.11 Å². The molecule has 3 heteroatoms. The molecule has 0 fully saturated rings. The minimum Gasteiger partial charge on any atom is -0.497 e. The fraction of sp³-hybridized carbons (Fsp3) is 0.333. The third-order valence-electron chi connectivity index (χ3n) is 3.93. The Morgan fingerprint density at radius 2 is 2.00 bits per heavy atom. The van der Waals surface area contributed by atoms with E-state index in [9.17, 15) is 0 Å². The van der Waals surface area contributed by atoms with E-state index < -0.39 is 0 Å². The molecule has 1 aliphatic heterocycles. The first-order chi connectivity index (χ1) is 10.3. The molecule has 2 unspecified atom stereocenters. The SMILES string of the molecule is CCNC1CC(c2ccccc2)Oc2ccc(OC)cc21. The van der Waals surface area contributed by atoms with Crippen LogP contribution in [0.5, 0.6) is 11.5 Å². The predicted molar refractivity (Wildman–Crippen MR) is 83.8 cm³/mol. The van der Waals surface area contributed by atoms with Crippen LogP contribution in [0.4, 0.5) is 0 Å². The average molecular weight is 283 g/mol. The van der Waals surface area contributed by atoms with Crippen molar-refractivity contribution in [1.29, 1.82) is 0 Å². The van der Waals surface area contributed by atoms with Gasteiger partial charge < -0.3 is 14.8 Å². The zero-order valence-corrected chi connectivity index (χ0v) is 12.5. The molecule has 3 nitrogen and oxygen atoms in total. The van der Waals surface area contributed by atoms with E-state index in [1.807, 2.05) is 18.2 Å². The number of methoxy groups -OCH3 is 1. The Bertz CT molecular complexity index is 597. The van der Waals surface area contributed by atoms with Crippen molar-refractivity contribution in [2.75, 3.05) is 13.7 Å². The standard InChI is InChI=1S/C18H21NO2/c1-3-19-16-12-18(13-7-5-4-6-8-13)21-17-10-9-14(20-2)11-15(16)17/h4-11,16,18-19H,3,12H2,1-2H3. The van der Waals surface area contributed by atoms with Gasteiger partial charge in [-0.1, -0.05) is 37.3 Å². The first-order valence-corrected chi connectivity index (χ1v) is 7.44. The second-order valence-electron chi connectivity index (χ2n) is 5.27. The summed E-state index contributed by atoms with van der Waals surface area (Å²) in [6.45, 7) is 3.07. The smallest absolute Gasteiger partial charge is 0.126 e. The third kappa shape index (κ3) is 2.88. The lowest BCUT2D eigenvalue weighted by Gasteiger charge is -2.33. The summed E-state index contributed by atoms with van der Waals surface area (Å²) < 4.78 is 11.5. The maximum atomic E-state index is 6.20. The highest BCUT2D eigenvalue weighted by Crippen LogP contribution is 2.42. The maximum absolute atomic E-state index is 6.20. The van der Waals surface area contributed by atoms with Crippen LogP contribution >= 0.6 is 0 Å². The minimum absolute atomic E-state index is 0.0937. The minimum atomic E-state index is 0.0937. The van der Waals surface area contributed by atoms with Crippen LogP contribution in [0.1, 0.15) is 36.6 Å². The van der Waals surface area contributed by atoms with Gasteiger partial charge in [-0.3, -0.25) is 0 Å². The van der Waals surface area contributed by atoms with Crippen molar-refractivity contribution in [3.05, 3.63) is 59.7 Å². The molecule has 0 amide bonds. The Balaban J connectivity index is 1.94. The van der Waals surface area contributed by atoms with Crippen LogP contribution in [0, 0.1) is 0 Å². The molecule has 0 bridgehead atoms. The van der Waals surface area contributed by atoms with E-state index in [-0.39, 0.29) is 6.10 Å². The fourth-order valence-corrected chi connectivity index (χ4v) is 2.89. The summed E-state index contributed by atoms with van der Waals surface area (Å²) >= 11 is 0. The molecule has 3 rings (SSSR count). The van der Waals surface area contributed by atoms with Gasteiger partial charge in [-0.05, 0) is 30.3 Å². The molecule has 0 aliphatic carbocycles. The quantitative estimate of drug-likeness (QED) is 0.924. The number of nitrogens with one attached hydrogen (secondary N) is 1. The van der Waals surface area contributed by atoms with E-state index in [1.165, 1.54) is 11.1 Å². The topological polar surface area (TPSA) is 30.5 Å². The number of benzene rings is 2. The number of hydrogen-bond acceptors (Lipinski definition) is 3. The van der Waals surface area contributed by atoms with Crippen LogP contribution in [0.15, 0.2) is 48.5 Å². The summed E-state index contributed by atoms with van der Waals surface area (Å²) in [5, 5.41) is 3.56. The summed E-state index contributed by atoms with van der Waals surface area (Å²) in [5.41, 5.74) is 2.41. The lowest BCUT2D eigenvalue weighted by Crippen LogP contribution is -2.29. The van der Waals surface area contributed by atoms with Gasteiger partial charge in [-0.2, -0.15) is 0 Å². The molecule has 2 aromatic carbocycles. The molecule has 0 aromatic heterocycles. The van der Waals surface area contributed by atoms with E-state index in [2.05, 4.69) is 42.6 Å². The van der Waals surface area contributed by atoms with Crippen molar-refractivity contribution >= 4 is 0 Å². The Hall–Kier alpha value is -2.00. The fourth-order valence-electron chi connectivity index (χ4n) is 2.89. The highest BCUT2D eigenvalue weighted by atomic mass is 16.5. The molecule has 0 saturated carbocycles. The van der Waals surface area contributed by atoms with Gasteiger partial charge in [0.15, 0.2) is 0 Å². The second kappa shape index (κ2) is 6.19. The number of ether oxygens (including phenoxy) is 2. The van der Waals surface area contributed by atoms with Gasteiger partial charge in [-0.15, -0.1) is 0 Å². The molecule has 0 spiro atoms. The predicted octanol–water partition coefficient (Wildman–Crippen LogP) is 3.87. The maximum Gasteiger partial charge on any atom is 0.126 e. The van der Waals surface area contributed by atoms with Crippen LogP contribution in [0.3, 0.4) is 0 Å². The Morgan fingerprint density at radius 1 is 1.19 bits per heavy atom. The van der Waals surface area contributed by atoms with Crippen LogP contribution in [-0.2, 0) is 0 Å². The largest absolute Gasteiger partial charge is 0.497 e. The highest BCUT2D eigenvalue weighted by molar-refractivity contribution is 5.44. The summed E-state index contributed by atoms with van der Waals surface area (Å²) in [5.74, 6) is 1.82. The monoisotopic (exact) mass is 283 g/mol. The molecule has 2 aromatic rings. The Kier molecular flexibility index (Phi) is 4.11. The van der Waals surface area contributed by atoms with Crippen LogP contribution in [-0.4, -0.2) is 13.7 Å². The summed E-state index contributed by atoms with van der Waals surface area (Å²) in [7, 11) is 1.69. The normalized spacial score (nSPS) is 20.5. The van der Waals surface area contributed by atoms with Gasteiger partial charge >= 0.3 is 0 Å². The number of fused-ring (bicyclic) bond motifs is 1. The van der Waals surface area contributed by atoms with Gasteiger partial charge in [0, 0.05) is 18.0 Å². The molecule has 1 aliphatic rings. The van der Waals surface area contributed by atoms with Crippen molar-refractivity contribution in [2.45, 2.75) is 25.5 Å². The molecule has 1 N–H and O–H groups in total. The molecule has 2 atom stereocenters. The van der Waals surface area contributed by atoms with Crippen molar-refractivity contribution in [1.82, 2.24) is 5.32 Å². The van der Waals surface area contributed by atoms with Crippen molar-refractivity contribution in [3.63, 3.8) is 0 Å². The molecular weight excluding hydrogens is 262 g/mol. The average Bonchev–Trinajstić information content (AvgIpc) is 2.55. The highest BCUT2D eigenvalue weighted by Gasteiger charge is 2.29. The lowest BCUT2D eigenvalue weighted by molar-refractivity contribution is 0.151. The first-order valence-electron chi connectivity index (χ1n) is 7.44. The van der Waals surface area contributed by atoms with Gasteiger partial charge in [0.2, 0.25) is 0 Å². The van der Waals surface area contributed by atoms with Gasteiger partial charge in [-0.25, -0.2) is 0 Å². The van der Waals surface area contributed by atoms with E-state index in [4.69, 9.17) is 9.47 Å². The number of hydrogen-bond donors (Lipinski definition) is 1. The van der Waals surface area contributed by atoms with Gasteiger partial charge in [0.25, 0.3) is 0 Å². The molecule has 0 saturated heterocycles. The molecule has 0 radical (unpaired) electrons. The van der Waals surface area contributed by atoms with Gasteiger partial charge in [0.05, 0.1) is 7.11 Å². The molecule has 1 heterocycles. The summed E-state index contributed by atoms with van der Waals surface area (Å²) in [4.78, 5) is 0. The van der Waals surface area contributed by atoms with E-state index in [0.717, 1.165) is 24.5 Å². The van der Waals surface area contributed by atoms with Crippen molar-refractivity contribution < 1.29 is 9.47 Å². The molecule has 21 heavy (non-hydrogen) atoms. The lowest BCUT2D eigenvalue weighted by atomic mass is 9.92. The van der Waals surface area contributed by atoms with Gasteiger partial charge in [0.1, 0.15) is 17.6 Å². The molecule has 110 valence electrons. The van der Waals surface area contributed by atoms with E-state index >= 15 is 0 Å². The van der Waals surface area contributed by atoms with Crippen LogP contribution < -0.4 is 14.8 Å². The van der Waals surface area contributed by atoms with Crippen molar-refractivity contribution in [3.8, 4) is 11.5 Å². The van der Waals surface area contributed by atoms with E-state index in [0.29, 0.717) is 6.04 Å². The number of rotatable bonds is 4. The molecular formula is C18H21NO2. The Labute approximate surface area is 125 Å². The second-order valence-corrected chi connectivity index (χ2v) is 5.27. The first kappa shape index (κ1) is 14.0. The Morgan fingerprint density at radius 3 is 2.71 bits per heavy atom. The van der Waals surface area contributed by atoms with Crippen LogP contribution in [0.25, 0.3) is 0 Å².